The third kappa shape index (κ3) is 4.05. The fourth-order valence-electron chi connectivity index (χ4n) is 1.97. The lowest BCUT2D eigenvalue weighted by Gasteiger charge is -2.08. The maximum Gasteiger partial charge on any atom is 0.255 e. The molecule has 0 aliphatic rings. The van der Waals surface area contributed by atoms with Gasteiger partial charge in [-0.2, -0.15) is 0 Å². The number of rotatable bonds is 4. The summed E-state index contributed by atoms with van der Waals surface area (Å²) in [6, 6.07) is 8.44. The minimum atomic E-state index is -0.853. The highest BCUT2D eigenvalue weighted by Gasteiger charge is 2.09. The van der Waals surface area contributed by atoms with Gasteiger partial charge in [-0.15, -0.1) is 0 Å². The first kappa shape index (κ1) is 16.3. The molecule has 1 aromatic carbocycles. The third-order valence-corrected chi connectivity index (χ3v) is 3.14. The second-order valence-electron chi connectivity index (χ2n) is 4.96. The molecule has 0 unspecified atom stereocenters. The van der Waals surface area contributed by atoms with Crippen LogP contribution in [0.1, 0.15) is 10.4 Å². The zero-order valence-corrected chi connectivity index (χ0v) is 12.6. The first-order valence-corrected chi connectivity index (χ1v) is 7.10. The second-order valence-corrected chi connectivity index (χ2v) is 4.96. The molecule has 0 aliphatic carbocycles. The van der Waals surface area contributed by atoms with Crippen molar-refractivity contribution < 1.29 is 18.3 Å². The van der Waals surface area contributed by atoms with Crippen LogP contribution in [-0.4, -0.2) is 15.9 Å². The molecule has 126 valence electrons. The first-order valence-electron chi connectivity index (χ1n) is 7.10. The van der Waals surface area contributed by atoms with E-state index in [1.165, 1.54) is 30.6 Å². The molecule has 0 atom stereocenters. The Balaban J connectivity index is 1.70. The maximum absolute atomic E-state index is 13.5. The van der Waals surface area contributed by atoms with E-state index in [-0.39, 0.29) is 17.2 Å². The van der Waals surface area contributed by atoms with Crippen LogP contribution in [0.5, 0.6) is 11.6 Å². The molecule has 0 radical (unpaired) electrons. The van der Waals surface area contributed by atoms with Crippen LogP contribution in [0, 0.1) is 11.6 Å². The third-order valence-electron chi connectivity index (χ3n) is 3.14. The molecule has 3 rings (SSSR count). The number of halogens is 2. The van der Waals surface area contributed by atoms with Crippen LogP contribution in [-0.2, 0) is 0 Å². The van der Waals surface area contributed by atoms with E-state index < -0.39 is 23.1 Å². The number of pyridine rings is 2. The van der Waals surface area contributed by atoms with Crippen molar-refractivity contribution in [2.24, 2.45) is 0 Å². The van der Waals surface area contributed by atoms with Gasteiger partial charge >= 0.3 is 0 Å². The zero-order valence-electron chi connectivity index (χ0n) is 12.6. The number of amides is 1. The molecule has 0 aliphatic heterocycles. The average molecular weight is 343 g/mol. The van der Waals surface area contributed by atoms with Crippen molar-refractivity contribution in [3.63, 3.8) is 0 Å². The van der Waals surface area contributed by atoms with Gasteiger partial charge in [-0.25, -0.2) is 13.8 Å². The number of ether oxygens (including phenoxy) is 1. The van der Waals surface area contributed by atoms with Crippen molar-refractivity contribution in [3.05, 3.63) is 82.4 Å². The predicted octanol–water partition coefficient (Wildman–Crippen LogP) is 3.09. The molecule has 2 N–H and O–H groups in total. The molecule has 0 saturated heterocycles. The lowest BCUT2D eigenvalue weighted by atomic mass is 10.2. The molecule has 1 amide bonds. The van der Waals surface area contributed by atoms with E-state index in [1.54, 1.807) is 0 Å². The molecule has 3 aromatic rings. The van der Waals surface area contributed by atoms with Crippen molar-refractivity contribution in [2.45, 2.75) is 0 Å². The van der Waals surface area contributed by atoms with E-state index in [9.17, 15) is 18.4 Å². The Morgan fingerprint density at radius 2 is 1.96 bits per heavy atom. The van der Waals surface area contributed by atoms with Gasteiger partial charge in [0.2, 0.25) is 11.4 Å². The minimum absolute atomic E-state index is 0.0691. The number of aromatic nitrogens is 2. The molecule has 0 fully saturated rings. The van der Waals surface area contributed by atoms with Gasteiger partial charge in [0, 0.05) is 30.0 Å². The van der Waals surface area contributed by atoms with Crippen LogP contribution in [0.2, 0.25) is 0 Å². The molecule has 6 nitrogen and oxygen atoms in total. The Hall–Kier alpha value is -3.55. The van der Waals surface area contributed by atoms with Crippen LogP contribution in [0.3, 0.4) is 0 Å². The standard InChI is InChI=1S/C17H11F2N3O3/c18-11-1-3-14(13(19)8-11)25-16-4-2-12(9-21-16)22-17(24)10-5-6-20-15(23)7-10/h1-9H,(H,20,23)(H,22,24). The lowest BCUT2D eigenvalue weighted by Crippen LogP contribution is -2.15. The molecule has 0 saturated carbocycles. The SMILES string of the molecule is O=C(Nc1ccc(Oc2ccc(F)cc2F)nc1)c1cc[nH]c(=O)c1. The Morgan fingerprint density at radius 3 is 2.64 bits per heavy atom. The number of carbonyl (C=O) groups is 1. The van der Waals surface area contributed by atoms with E-state index >= 15 is 0 Å². The summed E-state index contributed by atoms with van der Waals surface area (Å²) in [5.41, 5.74) is 0.158. The average Bonchev–Trinajstić information content (AvgIpc) is 2.59. The van der Waals surface area contributed by atoms with Gasteiger partial charge in [-0.1, -0.05) is 0 Å². The lowest BCUT2D eigenvalue weighted by molar-refractivity contribution is 0.102. The number of nitrogens with one attached hydrogen (secondary N) is 2. The zero-order chi connectivity index (χ0) is 17.8. The number of anilines is 1. The van der Waals surface area contributed by atoms with Crippen LogP contribution in [0.15, 0.2) is 59.7 Å². The molecule has 2 heterocycles. The highest BCUT2D eigenvalue weighted by Crippen LogP contribution is 2.24. The van der Waals surface area contributed by atoms with Gasteiger partial charge in [0.15, 0.2) is 11.6 Å². The quantitative estimate of drug-likeness (QED) is 0.762. The molecule has 25 heavy (non-hydrogen) atoms. The van der Waals surface area contributed by atoms with Crippen LogP contribution < -0.4 is 15.6 Å². The van der Waals surface area contributed by atoms with Gasteiger partial charge in [0.05, 0.1) is 11.9 Å². The number of benzene rings is 1. The largest absolute Gasteiger partial charge is 0.436 e. The van der Waals surface area contributed by atoms with Gasteiger partial charge < -0.3 is 15.0 Å². The van der Waals surface area contributed by atoms with Gasteiger partial charge in [0.25, 0.3) is 5.91 Å². The van der Waals surface area contributed by atoms with Crippen LogP contribution in [0.25, 0.3) is 0 Å². The Labute approximate surface area is 140 Å². The Bertz CT molecular complexity index is 971. The molecular weight excluding hydrogens is 332 g/mol. The van der Waals surface area contributed by atoms with Crippen molar-refractivity contribution in [3.8, 4) is 11.6 Å². The van der Waals surface area contributed by atoms with E-state index in [0.29, 0.717) is 11.8 Å². The van der Waals surface area contributed by atoms with Gasteiger partial charge in [-0.3, -0.25) is 9.59 Å². The summed E-state index contributed by atoms with van der Waals surface area (Å²) in [4.78, 5) is 29.6. The van der Waals surface area contributed by atoms with E-state index in [4.69, 9.17) is 4.74 Å². The highest BCUT2D eigenvalue weighted by molar-refractivity contribution is 6.04. The van der Waals surface area contributed by atoms with Crippen LogP contribution >= 0.6 is 0 Å². The van der Waals surface area contributed by atoms with Crippen molar-refractivity contribution in [1.29, 1.82) is 0 Å². The van der Waals surface area contributed by atoms with Crippen LogP contribution in [0.4, 0.5) is 14.5 Å². The Morgan fingerprint density at radius 1 is 1.12 bits per heavy atom. The normalized spacial score (nSPS) is 10.3. The summed E-state index contributed by atoms with van der Waals surface area (Å²) in [7, 11) is 0. The molecule has 2 aromatic heterocycles. The number of aromatic amines is 1. The summed E-state index contributed by atoms with van der Waals surface area (Å²) in [6.45, 7) is 0. The van der Waals surface area contributed by atoms with E-state index in [2.05, 4.69) is 15.3 Å². The summed E-state index contributed by atoms with van der Waals surface area (Å²) in [5, 5.41) is 2.56. The van der Waals surface area contributed by atoms with Crippen molar-refractivity contribution in [2.75, 3.05) is 5.32 Å². The minimum Gasteiger partial charge on any atom is -0.436 e. The smallest absolute Gasteiger partial charge is 0.255 e. The molecular formula is C17H11F2N3O3. The fraction of sp³-hybridized carbons (Fsp3) is 0. The predicted molar refractivity (Wildman–Crippen MR) is 85.7 cm³/mol. The second kappa shape index (κ2) is 6.91. The van der Waals surface area contributed by atoms with E-state index in [1.807, 2.05) is 0 Å². The first-order chi connectivity index (χ1) is 12.0. The summed E-state index contributed by atoms with van der Waals surface area (Å²) >= 11 is 0. The summed E-state index contributed by atoms with van der Waals surface area (Å²) in [5.74, 6) is -2.15. The monoisotopic (exact) mass is 343 g/mol. The van der Waals surface area contributed by atoms with Crippen molar-refractivity contribution in [1.82, 2.24) is 9.97 Å². The number of hydrogen-bond acceptors (Lipinski definition) is 4. The van der Waals surface area contributed by atoms with Gasteiger partial charge in [-0.05, 0) is 24.3 Å². The fourth-order valence-corrected chi connectivity index (χ4v) is 1.97. The number of H-pyrrole nitrogens is 1. The number of carbonyl (C=O) groups excluding carboxylic acids is 1. The van der Waals surface area contributed by atoms with Crippen molar-refractivity contribution >= 4 is 11.6 Å². The summed E-state index contributed by atoms with van der Waals surface area (Å²) < 4.78 is 31.6. The Kier molecular flexibility index (Phi) is 4.51. The number of nitrogens with zero attached hydrogens (tertiary/aromatic N) is 1. The highest BCUT2D eigenvalue weighted by atomic mass is 19.1. The topological polar surface area (TPSA) is 84.1 Å². The summed E-state index contributed by atoms with van der Waals surface area (Å²) in [6.07, 6.45) is 2.67. The van der Waals surface area contributed by atoms with Gasteiger partial charge in [0.1, 0.15) is 5.82 Å². The molecule has 0 spiro atoms. The maximum atomic E-state index is 13.5. The van der Waals surface area contributed by atoms with E-state index in [0.717, 1.165) is 18.2 Å². The molecule has 8 heteroatoms. The molecule has 0 bridgehead atoms. The number of hydrogen-bond donors (Lipinski definition) is 2.